The molecule has 0 aromatic heterocycles. The molecule has 0 saturated heterocycles. The summed E-state index contributed by atoms with van der Waals surface area (Å²) in [6, 6.07) is 0. The predicted octanol–water partition coefficient (Wildman–Crippen LogP) is 9.23. The molecule has 0 spiro atoms. The Bertz CT molecular complexity index is 776. The second-order valence-electron chi connectivity index (χ2n) is 12.6. The molecule has 268 valence electrons. The molecule has 0 radical (unpaired) electrons. The number of ether oxygens (including phenoxy) is 2. The van der Waals surface area contributed by atoms with Crippen molar-refractivity contribution >= 4 is 11.9 Å². The van der Waals surface area contributed by atoms with Gasteiger partial charge >= 0.3 is 11.9 Å². The lowest BCUT2D eigenvalue weighted by Crippen LogP contribution is -2.29. The number of esters is 2. The van der Waals surface area contributed by atoms with Crippen LogP contribution in [0, 0.1) is 0 Å². The van der Waals surface area contributed by atoms with E-state index in [2.05, 4.69) is 38.2 Å². The zero-order chi connectivity index (χ0) is 33.9. The summed E-state index contributed by atoms with van der Waals surface area (Å²) in [6.45, 7) is 3.85. The van der Waals surface area contributed by atoms with Crippen molar-refractivity contribution in [3.05, 3.63) is 36.5 Å². The molecule has 0 rings (SSSR count). The summed E-state index contributed by atoms with van der Waals surface area (Å²) in [7, 11) is 0. The number of hydrogen-bond acceptors (Lipinski definition) is 7. The molecule has 0 heterocycles. The molecule has 0 saturated carbocycles. The fourth-order valence-corrected chi connectivity index (χ4v) is 5.13. The predicted molar refractivity (Wildman–Crippen MR) is 190 cm³/mol. The summed E-state index contributed by atoms with van der Waals surface area (Å²) in [5.41, 5.74) is 0. The lowest BCUT2D eigenvalue weighted by molar-refractivity contribution is -0.161. The average molecular weight is 651 g/mol. The number of aliphatic hydroxyl groups is 3. The minimum atomic E-state index is -0.939. The molecule has 0 aliphatic carbocycles. The second kappa shape index (κ2) is 34.4. The zero-order valence-corrected chi connectivity index (χ0v) is 29.6. The topological polar surface area (TPSA) is 113 Å². The van der Waals surface area contributed by atoms with Gasteiger partial charge in [-0.1, -0.05) is 140 Å². The molecule has 3 N–H and O–H groups in total. The van der Waals surface area contributed by atoms with Gasteiger partial charge in [0.05, 0.1) is 18.8 Å². The Morgan fingerprint density at radius 1 is 0.587 bits per heavy atom. The van der Waals surface area contributed by atoms with Gasteiger partial charge in [-0.25, -0.2) is 0 Å². The van der Waals surface area contributed by atoms with Crippen LogP contribution in [0.1, 0.15) is 168 Å². The van der Waals surface area contributed by atoms with Gasteiger partial charge in [0.15, 0.2) is 6.10 Å². The van der Waals surface area contributed by atoms with Crippen LogP contribution >= 0.6 is 0 Å². The van der Waals surface area contributed by atoms with E-state index in [1.54, 1.807) is 0 Å². The van der Waals surface area contributed by atoms with E-state index in [0.717, 1.165) is 38.5 Å². The smallest absolute Gasteiger partial charge is 0.306 e. The Kier molecular flexibility index (Phi) is 32.9. The van der Waals surface area contributed by atoms with Crippen molar-refractivity contribution in [2.45, 2.75) is 186 Å². The quantitative estimate of drug-likeness (QED) is 0.0369. The second-order valence-corrected chi connectivity index (χ2v) is 12.6. The SMILES string of the molecule is CCCCC/C=C\C/C=C\C/C=C\CC(O)C(O)CCCC(=O)O[C@@H](CO)COC(=O)CCCCCCCCCCCCCCC. The zero-order valence-electron chi connectivity index (χ0n) is 29.6. The first-order valence-electron chi connectivity index (χ1n) is 18.7. The van der Waals surface area contributed by atoms with Gasteiger partial charge < -0.3 is 24.8 Å². The Balaban J connectivity index is 3.84. The van der Waals surface area contributed by atoms with E-state index in [1.807, 2.05) is 12.2 Å². The number of unbranched alkanes of at least 4 members (excludes halogenated alkanes) is 15. The van der Waals surface area contributed by atoms with E-state index >= 15 is 0 Å². The third-order valence-electron chi connectivity index (χ3n) is 8.14. The minimum Gasteiger partial charge on any atom is -0.462 e. The van der Waals surface area contributed by atoms with E-state index in [1.165, 1.54) is 83.5 Å². The van der Waals surface area contributed by atoms with Crippen LogP contribution in [0.4, 0.5) is 0 Å². The molecular formula is C39H70O7. The van der Waals surface area contributed by atoms with Crippen LogP contribution < -0.4 is 0 Å². The molecule has 7 heteroatoms. The molecule has 0 aromatic rings. The molecule has 0 fully saturated rings. The molecule has 0 amide bonds. The third-order valence-corrected chi connectivity index (χ3v) is 8.14. The highest BCUT2D eigenvalue weighted by Crippen LogP contribution is 2.14. The summed E-state index contributed by atoms with van der Waals surface area (Å²) < 4.78 is 10.4. The first kappa shape index (κ1) is 44.0. The van der Waals surface area contributed by atoms with Crippen LogP contribution in [-0.2, 0) is 19.1 Å². The highest BCUT2D eigenvalue weighted by Gasteiger charge is 2.18. The van der Waals surface area contributed by atoms with E-state index in [4.69, 9.17) is 9.47 Å². The Labute approximate surface area is 281 Å². The van der Waals surface area contributed by atoms with Crippen LogP contribution in [0.5, 0.6) is 0 Å². The van der Waals surface area contributed by atoms with Crippen molar-refractivity contribution < 1.29 is 34.4 Å². The van der Waals surface area contributed by atoms with Crippen LogP contribution in [0.15, 0.2) is 36.5 Å². The van der Waals surface area contributed by atoms with E-state index < -0.39 is 30.9 Å². The maximum Gasteiger partial charge on any atom is 0.306 e. The summed E-state index contributed by atoms with van der Waals surface area (Å²) >= 11 is 0. The molecule has 0 bridgehead atoms. The molecule has 2 unspecified atom stereocenters. The lowest BCUT2D eigenvalue weighted by atomic mass is 10.0. The summed E-state index contributed by atoms with van der Waals surface area (Å²) in [5.74, 6) is -0.874. The maximum absolute atomic E-state index is 12.2. The maximum atomic E-state index is 12.2. The fourth-order valence-electron chi connectivity index (χ4n) is 5.13. The van der Waals surface area contributed by atoms with Gasteiger partial charge in [-0.15, -0.1) is 0 Å². The van der Waals surface area contributed by atoms with Gasteiger partial charge in [0.2, 0.25) is 0 Å². The standard InChI is InChI=1S/C39H70O7/c1-3-5-7-9-11-13-15-17-19-21-23-25-27-31-38(43)45-34-35(33-40)46-39(44)32-28-30-37(42)36(41)29-26-24-22-20-18-16-14-12-10-8-6-4-2/h12,14,18,20,24,26,35-37,40-42H,3-11,13,15-17,19,21-23,25,27-34H2,1-2H3/b14-12-,20-18-,26-24-/t35-,36?,37?/m0/s1. The molecule has 0 aromatic carbocycles. The average Bonchev–Trinajstić information content (AvgIpc) is 3.05. The number of carbonyl (C=O) groups is 2. The summed E-state index contributed by atoms with van der Waals surface area (Å²) in [5, 5.41) is 29.9. The van der Waals surface area contributed by atoms with Crippen LogP contribution in [0.25, 0.3) is 0 Å². The number of carbonyl (C=O) groups excluding carboxylic acids is 2. The molecule has 3 atom stereocenters. The van der Waals surface area contributed by atoms with E-state index in [9.17, 15) is 24.9 Å². The van der Waals surface area contributed by atoms with Gasteiger partial charge in [-0.3, -0.25) is 9.59 Å². The lowest BCUT2D eigenvalue weighted by Gasteiger charge is -2.17. The molecule has 0 aliphatic rings. The fraction of sp³-hybridized carbons (Fsp3) is 0.795. The van der Waals surface area contributed by atoms with Gasteiger partial charge in [-0.05, 0) is 51.4 Å². The van der Waals surface area contributed by atoms with E-state index in [-0.39, 0.29) is 25.4 Å². The van der Waals surface area contributed by atoms with Gasteiger partial charge in [0.25, 0.3) is 0 Å². The van der Waals surface area contributed by atoms with Crippen molar-refractivity contribution in [2.24, 2.45) is 0 Å². The van der Waals surface area contributed by atoms with Crippen LogP contribution in [0.2, 0.25) is 0 Å². The van der Waals surface area contributed by atoms with Crippen LogP contribution in [-0.4, -0.2) is 58.8 Å². The van der Waals surface area contributed by atoms with E-state index in [0.29, 0.717) is 19.3 Å². The molecule has 46 heavy (non-hydrogen) atoms. The van der Waals surface area contributed by atoms with Crippen molar-refractivity contribution in [1.29, 1.82) is 0 Å². The van der Waals surface area contributed by atoms with Crippen molar-refractivity contribution in [3.8, 4) is 0 Å². The molecule has 7 nitrogen and oxygen atoms in total. The number of hydrogen-bond donors (Lipinski definition) is 3. The van der Waals surface area contributed by atoms with Gasteiger partial charge in [0, 0.05) is 12.8 Å². The summed E-state index contributed by atoms with van der Waals surface area (Å²) in [4.78, 5) is 24.2. The first-order valence-corrected chi connectivity index (χ1v) is 18.7. The van der Waals surface area contributed by atoms with Gasteiger partial charge in [-0.2, -0.15) is 0 Å². The third kappa shape index (κ3) is 30.7. The summed E-state index contributed by atoms with van der Waals surface area (Å²) in [6.07, 6.45) is 33.7. The minimum absolute atomic E-state index is 0.0425. The largest absolute Gasteiger partial charge is 0.462 e. The van der Waals surface area contributed by atoms with Crippen molar-refractivity contribution in [3.63, 3.8) is 0 Å². The van der Waals surface area contributed by atoms with Crippen molar-refractivity contribution in [1.82, 2.24) is 0 Å². The van der Waals surface area contributed by atoms with Crippen LogP contribution in [0.3, 0.4) is 0 Å². The Morgan fingerprint density at radius 2 is 1.09 bits per heavy atom. The Morgan fingerprint density at radius 3 is 1.67 bits per heavy atom. The molecular weight excluding hydrogens is 580 g/mol. The Hall–Kier alpha value is -1.96. The highest BCUT2D eigenvalue weighted by molar-refractivity contribution is 5.70. The first-order chi connectivity index (χ1) is 22.4. The number of rotatable bonds is 33. The number of allylic oxidation sites excluding steroid dienone is 5. The monoisotopic (exact) mass is 651 g/mol. The molecule has 0 aliphatic heterocycles. The van der Waals surface area contributed by atoms with Gasteiger partial charge in [0.1, 0.15) is 6.61 Å². The number of aliphatic hydroxyl groups excluding tert-OH is 3. The van der Waals surface area contributed by atoms with Crippen molar-refractivity contribution in [2.75, 3.05) is 13.2 Å². The highest BCUT2D eigenvalue weighted by atomic mass is 16.6. The normalized spacial score (nSPS) is 13.9.